The summed E-state index contributed by atoms with van der Waals surface area (Å²) in [6.45, 7) is 3.70. The second kappa shape index (κ2) is 7.25. The molecule has 1 amide bonds. The van der Waals surface area contributed by atoms with Gasteiger partial charge in [0, 0.05) is 24.2 Å². The first kappa shape index (κ1) is 18.1. The fraction of sp³-hybridized carbons (Fsp3) is 0.100. The molecular weight excluding hydrogens is 348 g/mol. The normalized spacial score (nSPS) is 18.5. The molecule has 136 valence electrons. The van der Waals surface area contributed by atoms with Crippen molar-refractivity contribution >= 4 is 23.1 Å². The van der Waals surface area contributed by atoms with Gasteiger partial charge in [0.05, 0.1) is 16.5 Å². The third-order valence-corrected chi connectivity index (χ3v) is 4.33. The van der Waals surface area contributed by atoms with Crippen LogP contribution in [0.3, 0.4) is 0 Å². The van der Waals surface area contributed by atoms with Crippen LogP contribution >= 0.6 is 0 Å². The number of nitro groups is 1. The SMILES string of the molecule is C=CCN1C(=O)C(=O)/C(=C(\O)c2ccccc2)C1c1ccc([N+](=O)[O-])cc1. The quantitative estimate of drug-likeness (QED) is 0.219. The van der Waals surface area contributed by atoms with E-state index < -0.39 is 22.7 Å². The van der Waals surface area contributed by atoms with Gasteiger partial charge < -0.3 is 10.0 Å². The van der Waals surface area contributed by atoms with E-state index in [2.05, 4.69) is 6.58 Å². The lowest BCUT2D eigenvalue weighted by Crippen LogP contribution is -2.29. The van der Waals surface area contributed by atoms with Gasteiger partial charge in [-0.05, 0) is 17.7 Å². The Kier molecular flexibility index (Phi) is 4.85. The van der Waals surface area contributed by atoms with Crippen LogP contribution in [0.5, 0.6) is 0 Å². The lowest BCUT2D eigenvalue weighted by Gasteiger charge is -2.24. The van der Waals surface area contributed by atoms with E-state index >= 15 is 0 Å². The Morgan fingerprint density at radius 2 is 1.78 bits per heavy atom. The molecule has 2 aromatic carbocycles. The number of aliphatic hydroxyl groups is 1. The minimum Gasteiger partial charge on any atom is -0.507 e. The van der Waals surface area contributed by atoms with Crippen LogP contribution in [-0.2, 0) is 9.59 Å². The van der Waals surface area contributed by atoms with Crippen molar-refractivity contribution in [1.29, 1.82) is 0 Å². The molecule has 2 aromatic rings. The summed E-state index contributed by atoms with van der Waals surface area (Å²) < 4.78 is 0. The molecule has 0 aromatic heterocycles. The number of amides is 1. The van der Waals surface area contributed by atoms with Gasteiger partial charge in [-0.1, -0.05) is 36.4 Å². The molecule has 0 bridgehead atoms. The monoisotopic (exact) mass is 364 g/mol. The summed E-state index contributed by atoms with van der Waals surface area (Å²) in [5.74, 6) is -1.85. The fourth-order valence-electron chi connectivity index (χ4n) is 3.08. The molecule has 1 fully saturated rings. The standard InChI is InChI=1S/C20H16N2O5/c1-2-12-21-17(13-8-10-15(11-9-13)22(26)27)16(19(24)20(21)25)18(23)14-6-4-3-5-7-14/h2-11,17,23H,1,12H2/b18-16-. The van der Waals surface area contributed by atoms with Gasteiger partial charge in [0.25, 0.3) is 17.4 Å². The molecule has 0 spiro atoms. The molecule has 1 heterocycles. The van der Waals surface area contributed by atoms with Gasteiger partial charge in [-0.25, -0.2) is 0 Å². The van der Waals surface area contributed by atoms with Gasteiger partial charge >= 0.3 is 0 Å². The molecule has 7 heteroatoms. The summed E-state index contributed by atoms with van der Waals surface area (Å²) in [5, 5.41) is 21.6. The van der Waals surface area contributed by atoms with Crippen molar-refractivity contribution in [2.24, 2.45) is 0 Å². The Hall–Kier alpha value is -3.74. The third kappa shape index (κ3) is 3.22. The van der Waals surface area contributed by atoms with Crippen LogP contribution in [0.2, 0.25) is 0 Å². The predicted molar refractivity (Wildman–Crippen MR) is 98.7 cm³/mol. The number of non-ortho nitro benzene ring substituents is 1. The number of hydrogen-bond acceptors (Lipinski definition) is 5. The number of benzene rings is 2. The Labute approximate surface area is 155 Å². The molecule has 1 atom stereocenters. The first-order valence-electron chi connectivity index (χ1n) is 8.14. The number of nitro benzene ring substituents is 1. The van der Waals surface area contributed by atoms with Crippen molar-refractivity contribution in [1.82, 2.24) is 4.90 Å². The Morgan fingerprint density at radius 3 is 2.33 bits per heavy atom. The molecule has 3 rings (SSSR count). The second-order valence-corrected chi connectivity index (χ2v) is 5.95. The van der Waals surface area contributed by atoms with Crippen molar-refractivity contribution in [2.45, 2.75) is 6.04 Å². The number of rotatable bonds is 5. The number of nitrogens with zero attached hydrogens (tertiary/aromatic N) is 2. The highest BCUT2D eigenvalue weighted by Gasteiger charge is 2.45. The first-order valence-corrected chi connectivity index (χ1v) is 8.14. The summed E-state index contributed by atoms with van der Waals surface area (Å²) in [5.41, 5.74) is 0.726. The fourth-order valence-corrected chi connectivity index (χ4v) is 3.08. The van der Waals surface area contributed by atoms with Gasteiger partial charge in [0.2, 0.25) is 0 Å². The molecule has 0 radical (unpaired) electrons. The van der Waals surface area contributed by atoms with Gasteiger partial charge in [-0.15, -0.1) is 6.58 Å². The van der Waals surface area contributed by atoms with Crippen LogP contribution in [0, 0.1) is 10.1 Å². The summed E-state index contributed by atoms with van der Waals surface area (Å²) >= 11 is 0. The molecule has 0 aliphatic carbocycles. The lowest BCUT2D eigenvalue weighted by atomic mass is 9.95. The molecule has 27 heavy (non-hydrogen) atoms. The van der Waals surface area contributed by atoms with E-state index in [0.29, 0.717) is 11.1 Å². The Bertz CT molecular complexity index is 948. The smallest absolute Gasteiger partial charge is 0.295 e. The number of aliphatic hydroxyl groups excluding tert-OH is 1. The minimum absolute atomic E-state index is 0.0538. The van der Waals surface area contributed by atoms with Crippen molar-refractivity contribution in [3.05, 3.63) is 94.1 Å². The maximum atomic E-state index is 12.6. The molecular formula is C20H16N2O5. The van der Waals surface area contributed by atoms with E-state index in [9.17, 15) is 24.8 Å². The van der Waals surface area contributed by atoms with E-state index in [1.807, 2.05) is 0 Å². The molecule has 1 saturated heterocycles. The minimum atomic E-state index is -0.857. The zero-order chi connectivity index (χ0) is 19.6. The molecule has 0 saturated carbocycles. The Balaban J connectivity index is 2.17. The first-order chi connectivity index (χ1) is 13.0. The topological polar surface area (TPSA) is 101 Å². The van der Waals surface area contributed by atoms with Gasteiger partial charge in [-0.2, -0.15) is 0 Å². The number of ketones is 1. The van der Waals surface area contributed by atoms with Gasteiger partial charge in [-0.3, -0.25) is 19.7 Å². The summed E-state index contributed by atoms with van der Waals surface area (Å²) in [6.07, 6.45) is 1.48. The van der Waals surface area contributed by atoms with Crippen LogP contribution in [0.15, 0.2) is 72.8 Å². The average Bonchev–Trinajstić information content (AvgIpc) is 2.93. The van der Waals surface area contributed by atoms with Crippen molar-refractivity contribution < 1.29 is 19.6 Å². The molecule has 1 unspecified atom stereocenters. The molecule has 1 aliphatic heterocycles. The number of carbonyl (C=O) groups excluding carboxylic acids is 2. The number of likely N-dealkylation sites (tertiary alicyclic amines) is 1. The van der Waals surface area contributed by atoms with E-state index in [1.165, 1.54) is 35.2 Å². The second-order valence-electron chi connectivity index (χ2n) is 5.95. The van der Waals surface area contributed by atoms with Crippen molar-refractivity contribution in [3.63, 3.8) is 0 Å². The average molecular weight is 364 g/mol. The van der Waals surface area contributed by atoms with Crippen LogP contribution < -0.4 is 0 Å². The molecule has 7 nitrogen and oxygen atoms in total. The van der Waals surface area contributed by atoms with Crippen LogP contribution in [0.25, 0.3) is 5.76 Å². The zero-order valence-corrected chi connectivity index (χ0v) is 14.2. The molecule has 1 aliphatic rings. The predicted octanol–water partition coefficient (Wildman–Crippen LogP) is 3.20. The third-order valence-electron chi connectivity index (χ3n) is 4.33. The number of carbonyl (C=O) groups is 2. The van der Waals surface area contributed by atoms with E-state index in [4.69, 9.17) is 0 Å². The van der Waals surface area contributed by atoms with Crippen LogP contribution in [0.1, 0.15) is 17.2 Å². The van der Waals surface area contributed by atoms with E-state index in [-0.39, 0.29) is 23.6 Å². The van der Waals surface area contributed by atoms with Gasteiger partial charge in [0.1, 0.15) is 5.76 Å². The summed E-state index contributed by atoms with van der Waals surface area (Å²) in [6, 6.07) is 13.1. The maximum absolute atomic E-state index is 12.6. The van der Waals surface area contributed by atoms with Crippen LogP contribution in [0.4, 0.5) is 5.69 Å². The van der Waals surface area contributed by atoms with Crippen LogP contribution in [-0.4, -0.2) is 33.2 Å². The van der Waals surface area contributed by atoms with E-state index in [1.54, 1.807) is 30.3 Å². The van der Waals surface area contributed by atoms with Crippen molar-refractivity contribution in [2.75, 3.05) is 6.54 Å². The highest BCUT2D eigenvalue weighted by molar-refractivity contribution is 6.46. The summed E-state index contributed by atoms with van der Waals surface area (Å²) in [4.78, 5) is 36.7. The highest BCUT2D eigenvalue weighted by Crippen LogP contribution is 2.39. The number of Topliss-reactive ketones (excluding diaryl/α,β-unsaturated/α-hetero) is 1. The maximum Gasteiger partial charge on any atom is 0.295 e. The summed E-state index contributed by atoms with van der Waals surface area (Å²) in [7, 11) is 0. The van der Waals surface area contributed by atoms with Crippen molar-refractivity contribution in [3.8, 4) is 0 Å². The number of hydrogen-bond donors (Lipinski definition) is 1. The largest absolute Gasteiger partial charge is 0.507 e. The zero-order valence-electron chi connectivity index (χ0n) is 14.2. The molecule has 1 N–H and O–H groups in total. The Morgan fingerprint density at radius 1 is 1.15 bits per heavy atom. The highest BCUT2D eigenvalue weighted by atomic mass is 16.6. The van der Waals surface area contributed by atoms with Gasteiger partial charge in [0.15, 0.2) is 0 Å². The lowest BCUT2D eigenvalue weighted by molar-refractivity contribution is -0.384. The van der Waals surface area contributed by atoms with E-state index in [0.717, 1.165) is 0 Å².